The third-order valence-corrected chi connectivity index (χ3v) is 3.66. The smallest absolute Gasteiger partial charge is 0.0103 e. The van der Waals surface area contributed by atoms with Gasteiger partial charge in [0.2, 0.25) is 0 Å². The molecule has 0 radical (unpaired) electrons. The van der Waals surface area contributed by atoms with Crippen LogP contribution in [0, 0.1) is 0 Å². The SMILES string of the molecule is CC(C)c1ccc(-c2ccccc2)c2ccccc12. The fraction of sp³-hybridized carbons (Fsp3) is 0.158. The van der Waals surface area contributed by atoms with Crippen molar-refractivity contribution in [3.63, 3.8) is 0 Å². The molecule has 3 rings (SSSR count). The Morgan fingerprint density at radius 1 is 0.632 bits per heavy atom. The van der Waals surface area contributed by atoms with E-state index in [-0.39, 0.29) is 0 Å². The summed E-state index contributed by atoms with van der Waals surface area (Å²) in [5, 5.41) is 2.72. The largest absolute Gasteiger partial charge is 0.0622 e. The summed E-state index contributed by atoms with van der Waals surface area (Å²) < 4.78 is 0. The number of hydrogen-bond acceptors (Lipinski definition) is 0. The van der Waals surface area contributed by atoms with Crippen molar-refractivity contribution in [1.82, 2.24) is 0 Å². The molecule has 0 bridgehead atoms. The van der Waals surface area contributed by atoms with Crippen LogP contribution in [0.25, 0.3) is 21.9 Å². The van der Waals surface area contributed by atoms with E-state index >= 15 is 0 Å². The van der Waals surface area contributed by atoms with Crippen LogP contribution in [0.15, 0.2) is 66.7 Å². The van der Waals surface area contributed by atoms with E-state index < -0.39 is 0 Å². The molecule has 0 saturated heterocycles. The Hall–Kier alpha value is -2.08. The molecule has 0 atom stereocenters. The molecule has 0 aliphatic rings. The Balaban J connectivity index is 2.31. The first-order valence-corrected chi connectivity index (χ1v) is 6.84. The first kappa shape index (κ1) is 12.0. The van der Waals surface area contributed by atoms with Gasteiger partial charge >= 0.3 is 0 Å². The fourth-order valence-corrected chi connectivity index (χ4v) is 2.70. The minimum Gasteiger partial charge on any atom is -0.0622 e. The van der Waals surface area contributed by atoms with E-state index in [1.54, 1.807) is 0 Å². The molecule has 0 fully saturated rings. The molecule has 0 saturated carbocycles. The predicted octanol–water partition coefficient (Wildman–Crippen LogP) is 5.63. The Labute approximate surface area is 114 Å². The second kappa shape index (κ2) is 4.89. The molecular formula is C19H18. The second-order valence-corrected chi connectivity index (χ2v) is 5.27. The predicted molar refractivity (Wildman–Crippen MR) is 83.5 cm³/mol. The highest BCUT2D eigenvalue weighted by Gasteiger charge is 2.09. The van der Waals surface area contributed by atoms with Crippen molar-refractivity contribution < 1.29 is 0 Å². The van der Waals surface area contributed by atoms with E-state index in [0.717, 1.165) is 0 Å². The summed E-state index contributed by atoms with van der Waals surface area (Å²) in [6.45, 7) is 4.51. The zero-order valence-electron chi connectivity index (χ0n) is 11.4. The maximum atomic E-state index is 2.27. The van der Waals surface area contributed by atoms with Crippen molar-refractivity contribution in [3.8, 4) is 11.1 Å². The van der Waals surface area contributed by atoms with Gasteiger partial charge in [0.05, 0.1) is 0 Å². The molecule has 0 spiro atoms. The summed E-state index contributed by atoms with van der Waals surface area (Å²) >= 11 is 0. The van der Waals surface area contributed by atoms with Crippen LogP contribution in [0.4, 0.5) is 0 Å². The average Bonchev–Trinajstić information content (AvgIpc) is 2.47. The lowest BCUT2D eigenvalue weighted by atomic mass is 9.91. The molecule has 0 aromatic heterocycles. The van der Waals surface area contributed by atoms with Gasteiger partial charge in [0, 0.05) is 0 Å². The van der Waals surface area contributed by atoms with E-state index in [1.807, 2.05) is 0 Å². The summed E-state index contributed by atoms with van der Waals surface area (Å²) in [6, 6.07) is 23.9. The average molecular weight is 246 g/mol. The summed E-state index contributed by atoms with van der Waals surface area (Å²) in [5.74, 6) is 0.551. The third kappa shape index (κ3) is 2.15. The van der Waals surface area contributed by atoms with E-state index in [0.29, 0.717) is 5.92 Å². The number of rotatable bonds is 2. The highest BCUT2D eigenvalue weighted by molar-refractivity contribution is 5.98. The molecule has 19 heavy (non-hydrogen) atoms. The van der Waals surface area contributed by atoms with Gasteiger partial charge in [0.25, 0.3) is 0 Å². The minimum absolute atomic E-state index is 0.551. The van der Waals surface area contributed by atoms with Gasteiger partial charge in [-0.2, -0.15) is 0 Å². The summed E-state index contributed by atoms with van der Waals surface area (Å²) in [6.07, 6.45) is 0. The molecule has 3 aromatic carbocycles. The van der Waals surface area contributed by atoms with Gasteiger partial charge in [0.1, 0.15) is 0 Å². The monoisotopic (exact) mass is 246 g/mol. The molecule has 0 nitrogen and oxygen atoms in total. The fourth-order valence-electron chi connectivity index (χ4n) is 2.70. The summed E-state index contributed by atoms with van der Waals surface area (Å²) in [7, 11) is 0. The lowest BCUT2D eigenvalue weighted by Gasteiger charge is -2.13. The molecule has 0 heterocycles. The molecule has 3 aromatic rings. The first-order valence-electron chi connectivity index (χ1n) is 6.84. The van der Waals surface area contributed by atoms with Crippen LogP contribution >= 0.6 is 0 Å². The van der Waals surface area contributed by atoms with E-state index in [4.69, 9.17) is 0 Å². The Morgan fingerprint density at radius 2 is 1.26 bits per heavy atom. The Kier molecular flexibility index (Phi) is 3.08. The van der Waals surface area contributed by atoms with Gasteiger partial charge in [0.15, 0.2) is 0 Å². The highest BCUT2D eigenvalue weighted by atomic mass is 14.1. The van der Waals surface area contributed by atoms with Crippen molar-refractivity contribution in [2.75, 3.05) is 0 Å². The lowest BCUT2D eigenvalue weighted by molar-refractivity contribution is 0.876. The second-order valence-electron chi connectivity index (χ2n) is 5.27. The maximum absolute atomic E-state index is 2.27. The number of hydrogen-bond donors (Lipinski definition) is 0. The van der Waals surface area contributed by atoms with E-state index in [1.165, 1.54) is 27.5 Å². The van der Waals surface area contributed by atoms with Gasteiger partial charge in [-0.1, -0.05) is 80.6 Å². The van der Waals surface area contributed by atoms with Gasteiger partial charge in [-0.3, -0.25) is 0 Å². The Bertz CT molecular complexity index is 694. The van der Waals surface area contributed by atoms with Gasteiger partial charge in [-0.05, 0) is 33.4 Å². The molecule has 0 aliphatic heterocycles. The van der Waals surface area contributed by atoms with Crippen molar-refractivity contribution in [2.45, 2.75) is 19.8 Å². The molecule has 94 valence electrons. The van der Waals surface area contributed by atoms with Gasteiger partial charge in [-0.25, -0.2) is 0 Å². The van der Waals surface area contributed by atoms with Crippen LogP contribution in [-0.4, -0.2) is 0 Å². The Morgan fingerprint density at radius 3 is 1.95 bits per heavy atom. The van der Waals surface area contributed by atoms with Crippen molar-refractivity contribution >= 4 is 10.8 Å². The standard InChI is InChI=1S/C19H18/c1-14(2)16-12-13-17(15-8-4-3-5-9-15)19-11-7-6-10-18(16)19/h3-14H,1-2H3. The highest BCUT2D eigenvalue weighted by Crippen LogP contribution is 2.33. The zero-order chi connectivity index (χ0) is 13.2. The van der Waals surface area contributed by atoms with E-state index in [2.05, 4.69) is 80.6 Å². The first-order chi connectivity index (χ1) is 9.27. The lowest BCUT2D eigenvalue weighted by Crippen LogP contribution is -1.91. The number of benzene rings is 3. The topological polar surface area (TPSA) is 0 Å². The zero-order valence-corrected chi connectivity index (χ0v) is 11.4. The van der Waals surface area contributed by atoms with Crippen molar-refractivity contribution in [1.29, 1.82) is 0 Å². The maximum Gasteiger partial charge on any atom is -0.0103 e. The third-order valence-electron chi connectivity index (χ3n) is 3.66. The quantitative estimate of drug-likeness (QED) is 0.549. The van der Waals surface area contributed by atoms with Crippen LogP contribution in [0.5, 0.6) is 0 Å². The van der Waals surface area contributed by atoms with Gasteiger partial charge in [-0.15, -0.1) is 0 Å². The summed E-state index contributed by atoms with van der Waals surface area (Å²) in [5.41, 5.74) is 4.03. The van der Waals surface area contributed by atoms with Crippen LogP contribution in [0.1, 0.15) is 25.3 Å². The van der Waals surface area contributed by atoms with Crippen LogP contribution in [-0.2, 0) is 0 Å². The van der Waals surface area contributed by atoms with Crippen LogP contribution in [0.3, 0.4) is 0 Å². The van der Waals surface area contributed by atoms with Crippen LogP contribution in [0.2, 0.25) is 0 Å². The molecule has 0 amide bonds. The molecule has 0 unspecified atom stereocenters. The molecule has 0 heteroatoms. The normalized spacial score (nSPS) is 11.1. The van der Waals surface area contributed by atoms with Gasteiger partial charge < -0.3 is 0 Å². The minimum atomic E-state index is 0.551. The van der Waals surface area contributed by atoms with Crippen molar-refractivity contribution in [3.05, 3.63) is 72.3 Å². The van der Waals surface area contributed by atoms with Crippen molar-refractivity contribution in [2.24, 2.45) is 0 Å². The molecule has 0 aliphatic carbocycles. The number of fused-ring (bicyclic) bond motifs is 1. The van der Waals surface area contributed by atoms with E-state index in [9.17, 15) is 0 Å². The molecule has 0 N–H and O–H groups in total. The summed E-state index contributed by atoms with van der Waals surface area (Å²) in [4.78, 5) is 0. The van der Waals surface area contributed by atoms with Crippen LogP contribution < -0.4 is 0 Å². The molecular weight excluding hydrogens is 228 g/mol.